The molecule has 1 aliphatic rings. The predicted octanol–water partition coefficient (Wildman–Crippen LogP) is 2.33. The van der Waals surface area contributed by atoms with Crippen LogP contribution in [0.4, 0.5) is 0 Å². The van der Waals surface area contributed by atoms with Crippen LogP contribution in [0.1, 0.15) is 11.6 Å². The molecule has 3 rings (SSSR count). The summed E-state index contributed by atoms with van der Waals surface area (Å²) < 4.78 is 25.3. The number of sulfone groups is 1. The molecule has 0 amide bonds. The summed E-state index contributed by atoms with van der Waals surface area (Å²) in [5, 5.41) is 9.40. The molecular formula is C18H17N3O2S. The fraction of sp³-hybridized carbons (Fsp3) is 0.167. The van der Waals surface area contributed by atoms with Crippen molar-refractivity contribution in [1.29, 1.82) is 5.26 Å². The van der Waals surface area contributed by atoms with E-state index in [2.05, 4.69) is 10.9 Å². The zero-order valence-corrected chi connectivity index (χ0v) is 13.7. The molecule has 6 heteroatoms. The van der Waals surface area contributed by atoms with Crippen LogP contribution in [0.25, 0.3) is 0 Å². The van der Waals surface area contributed by atoms with E-state index in [1.54, 1.807) is 24.3 Å². The van der Waals surface area contributed by atoms with Crippen LogP contribution in [0.5, 0.6) is 0 Å². The van der Waals surface area contributed by atoms with Crippen LogP contribution >= 0.6 is 0 Å². The monoisotopic (exact) mass is 339 g/mol. The quantitative estimate of drug-likeness (QED) is 0.836. The van der Waals surface area contributed by atoms with E-state index in [4.69, 9.17) is 0 Å². The van der Waals surface area contributed by atoms with Gasteiger partial charge in [-0.25, -0.2) is 13.8 Å². The average molecular weight is 339 g/mol. The third-order valence-electron chi connectivity index (χ3n) is 4.00. The predicted molar refractivity (Wildman–Crippen MR) is 91.1 cm³/mol. The van der Waals surface area contributed by atoms with Gasteiger partial charge in [0.25, 0.3) is 0 Å². The summed E-state index contributed by atoms with van der Waals surface area (Å²) in [5.41, 5.74) is 7.23. The number of hydrogen-bond acceptors (Lipinski definition) is 5. The molecule has 0 bridgehead atoms. The maximum absolute atomic E-state index is 12.7. The summed E-state index contributed by atoms with van der Waals surface area (Å²) in [4.78, 5) is -0.0851. The number of nitrogens with one attached hydrogen (secondary N) is 2. The van der Waals surface area contributed by atoms with Crippen molar-refractivity contribution in [3.05, 3.63) is 77.2 Å². The Bertz CT molecular complexity index is 871. The number of nitriles is 1. The third kappa shape index (κ3) is 3.24. The van der Waals surface area contributed by atoms with Gasteiger partial charge in [-0.05, 0) is 23.8 Å². The second-order valence-electron chi connectivity index (χ2n) is 5.54. The standard InChI is InChI=1S/C18H17N3O2S/c19-12-17(24(22,23)16-9-5-2-6-10-16)11-15-13-20-21-18(15)14-7-3-1-4-8-14/h1-11,15,18,20-21H,13H2/b17-11-. The Balaban J connectivity index is 1.95. The Labute approximate surface area is 141 Å². The first kappa shape index (κ1) is 16.4. The Morgan fingerprint density at radius 1 is 1.08 bits per heavy atom. The van der Waals surface area contributed by atoms with Crippen LogP contribution < -0.4 is 10.9 Å². The fourth-order valence-corrected chi connectivity index (χ4v) is 4.01. The minimum atomic E-state index is -3.80. The lowest BCUT2D eigenvalue weighted by Gasteiger charge is -2.16. The first-order valence-electron chi connectivity index (χ1n) is 7.58. The van der Waals surface area contributed by atoms with Crippen LogP contribution in [0, 0.1) is 17.2 Å². The molecular weight excluding hydrogens is 322 g/mol. The molecule has 1 fully saturated rings. The van der Waals surface area contributed by atoms with Crippen molar-refractivity contribution in [2.45, 2.75) is 10.9 Å². The van der Waals surface area contributed by atoms with Crippen molar-refractivity contribution in [2.75, 3.05) is 6.54 Å². The van der Waals surface area contributed by atoms with E-state index in [-0.39, 0.29) is 21.8 Å². The molecule has 2 unspecified atom stereocenters. The number of benzene rings is 2. The van der Waals surface area contributed by atoms with E-state index >= 15 is 0 Å². The van der Waals surface area contributed by atoms with Gasteiger partial charge in [-0.1, -0.05) is 48.5 Å². The fourth-order valence-electron chi connectivity index (χ4n) is 2.77. The summed E-state index contributed by atoms with van der Waals surface area (Å²) >= 11 is 0. The van der Waals surface area contributed by atoms with E-state index in [0.717, 1.165) is 5.56 Å². The molecule has 2 N–H and O–H groups in total. The normalized spacial score (nSPS) is 21.4. The number of hydrazine groups is 1. The van der Waals surface area contributed by atoms with E-state index in [9.17, 15) is 13.7 Å². The molecule has 122 valence electrons. The van der Waals surface area contributed by atoms with Crippen LogP contribution in [-0.4, -0.2) is 15.0 Å². The van der Waals surface area contributed by atoms with Crippen molar-refractivity contribution in [3.63, 3.8) is 0 Å². The number of allylic oxidation sites excluding steroid dienone is 1. The molecule has 2 atom stereocenters. The molecule has 2 aromatic rings. The minimum Gasteiger partial charge on any atom is -0.257 e. The van der Waals surface area contributed by atoms with Crippen LogP contribution in [-0.2, 0) is 9.84 Å². The molecule has 1 heterocycles. The van der Waals surface area contributed by atoms with E-state index < -0.39 is 9.84 Å². The zero-order chi connectivity index (χ0) is 17.0. The minimum absolute atomic E-state index is 0.0828. The largest absolute Gasteiger partial charge is 0.257 e. The molecule has 1 aliphatic heterocycles. The Hall–Kier alpha value is -2.46. The van der Waals surface area contributed by atoms with Gasteiger partial charge in [0.2, 0.25) is 9.84 Å². The molecule has 0 aromatic heterocycles. The van der Waals surface area contributed by atoms with Crippen molar-refractivity contribution in [1.82, 2.24) is 10.9 Å². The van der Waals surface area contributed by atoms with E-state index in [1.807, 2.05) is 36.4 Å². The lowest BCUT2D eigenvalue weighted by Crippen LogP contribution is -2.24. The zero-order valence-electron chi connectivity index (χ0n) is 12.9. The molecule has 2 aromatic carbocycles. The van der Waals surface area contributed by atoms with Gasteiger partial charge in [0, 0.05) is 12.5 Å². The SMILES string of the molecule is N#C/C(=C/C1CNNC1c1ccccc1)S(=O)(=O)c1ccccc1. The molecule has 0 spiro atoms. The molecule has 5 nitrogen and oxygen atoms in total. The van der Waals surface area contributed by atoms with Gasteiger partial charge in [0.1, 0.15) is 11.0 Å². The summed E-state index contributed by atoms with van der Waals surface area (Å²) in [6.07, 6.45) is 1.55. The number of hydrogen-bond donors (Lipinski definition) is 2. The second-order valence-corrected chi connectivity index (χ2v) is 7.45. The van der Waals surface area contributed by atoms with Crippen molar-refractivity contribution in [3.8, 4) is 6.07 Å². The van der Waals surface area contributed by atoms with Gasteiger partial charge in [-0.3, -0.25) is 5.43 Å². The lowest BCUT2D eigenvalue weighted by atomic mass is 9.95. The summed E-state index contributed by atoms with van der Waals surface area (Å²) in [6, 6.07) is 19.6. The number of rotatable bonds is 4. The van der Waals surface area contributed by atoms with Gasteiger partial charge in [-0.15, -0.1) is 0 Å². The van der Waals surface area contributed by atoms with Crippen molar-refractivity contribution >= 4 is 9.84 Å². The van der Waals surface area contributed by atoms with Gasteiger partial charge in [0.05, 0.1) is 10.9 Å². The highest BCUT2D eigenvalue weighted by molar-refractivity contribution is 7.95. The van der Waals surface area contributed by atoms with Crippen LogP contribution in [0.15, 0.2) is 76.5 Å². The van der Waals surface area contributed by atoms with Crippen LogP contribution in [0.2, 0.25) is 0 Å². The lowest BCUT2D eigenvalue weighted by molar-refractivity contribution is 0.539. The molecule has 0 aliphatic carbocycles. The van der Waals surface area contributed by atoms with Gasteiger partial charge < -0.3 is 0 Å². The molecule has 0 saturated carbocycles. The van der Waals surface area contributed by atoms with Gasteiger partial charge in [0.15, 0.2) is 0 Å². The molecule has 24 heavy (non-hydrogen) atoms. The highest BCUT2D eigenvalue weighted by Crippen LogP contribution is 2.29. The van der Waals surface area contributed by atoms with Crippen LogP contribution in [0.3, 0.4) is 0 Å². The summed E-state index contributed by atoms with van der Waals surface area (Å²) in [7, 11) is -3.80. The Kier molecular flexibility index (Phi) is 4.76. The van der Waals surface area contributed by atoms with Gasteiger partial charge >= 0.3 is 0 Å². The highest BCUT2D eigenvalue weighted by Gasteiger charge is 2.29. The third-order valence-corrected chi connectivity index (χ3v) is 5.70. The number of nitrogens with zero attached hydrogens (tertiary/aromatic N) is 1. The van der Waals surface area contributed by atoms with Crippen molar-refractivity contribution in [2.24, 2.45) is 5.92 Å². The smallest absolute Gasteiger partial charge is 0.216 e. The summed E-state index contributed by atoms with van der Waals surface area (Å²) in [6.45, 7) is 0.551. The highest BCUT2D eigenvalue weighted by atomic mass is 32.2. The van der Waals surface area contributed by atoms with Crippen molar-refractivity contribution < 1.29 is 8.42 Å². The molecule has 0 radical (unpaired) electrons. The summed E-state index contributed by atoms with van der Waals surface area (Å²) in [5.74, 6) is -0.138. The Morgan fingerprint density at radius 2 is 1.71 bits per heavy atom. The maximum atomic E-state index is 12.7. The van der Waals surface area contributed by atoms with E-state index in [0.29, 0.717) is 6.54 Å². The Morgan fingerprint density at radius 3 is 2.33 bits per heavy atom. The first-order valence-corrected chi connectivity index (χ1v) is 9.06. The van der Waals surface area contributed by atoms with E-state index in [1.165, 1.54) is 12.1 Å². The average Bonchev–Trinajstić information content (AvgIpc) is 3.09. The topological polar surface area (TPSA) is 82.0 Å². The first-order chi connectivity index (χ1) is 11.6. The second kappa shape index (κ2) is 6.97. The molecule has 1 saturated heterocycles. The van der Waals surface area contributed by atoms with Gasteiger partial charge in [-0.2, -0.15) is 5.26 Å². The maximum Gasteiger partial charge on any atom is 0.216 e.